The third-order valence-electron chi connectivity index (χ3n) is 3.88. The second kappa shape index (κ2) is 3.99. The SMILES string of the molecule is Cc1nn(C)cc1-n1c(C)cc2c1CCCC2N. The third kappa shape index (κ3) is 1.60. The number of rotatable bonds is 1. The van der Waals surface area contributed by atoms with Gasteiger partial charge in [0.25, 0.3) is 0 Å². The van der Waals surface area contributed by atoms with E-state index >= 15 is 0 Å². The molecule has 0 bridgehead atoms. The Morgan fingerprint density at radius 2 is 2.17 bits per heavy atom. The predicted octanol–water partition coefficient (Wildman–Crippen LogP) is 2.16. The Kier molecular flexibility index (Phi) is 2.55. The molecule has 96 valence electrons. The second-order valence-corrected chi connectivity index (χ2v) is 5.30. The number of nitrogens with two attached hydrogens (primary N) is 1. The molecule has 4 heteroatoms. The van der Waals surface area contributed by atoms with E-state index in [2.05, 4.69) is 35.8 Å². The van der Waals surface area contributed by atoms with Gasteiger partial charge in [0.05, 0.1) is 11.4 Å². The Labute approximate surface area is 107 Å². The predicted molar refractivity (Wildman–Crippen MR) is 71.9 cm³/mol. The molecule has 0 saturated heterocycles. The topological polar surface area (TPSA) is 48.8 Å². The van der Waals surface area contributed by atoms with Gasteiger partial charge in [-0.05, 0) is 44.7 Å². The Morgan fingerprint density at radius 3 is 2.83 bits per heavy atom. The van der Waals surface area contributed by atoms with Crippen molar-refractivity contribution in [3.8, 4) is 5.69 Å². The maximum Gasteiger partial charge on any atom is 0.0867 e. The normalized spacial score (nSPS) is 19.0. The van der Waals surface area contributed by atoms with Crippen LogP contribution < -0.4 is 5.73 Å². The van der Waals surface area contributed by atoms with Crippen molar-refractivity contribution in [3.05, 3.63) is 34.9 Å². The van der Waals surface area contributed by atoms with E-state index in [1.807, 2.05) is 11.7 Å². The zero-order chi connectivity index (χ0) is 12.9. The molecule has 0 saturated carbocycles. The molecule has 1 unspecified atom stereocenters. The van der Waals surface area contributed by atoms with Gasteiger partial charge in [0.15, 0.2) is 0 Å². The summed E-state index contributed by atoms with van der Waals surface area (Å²) in [5.41, 5.74) is 12.4. The first kappa shape index (κ1) is 11.5. The Hall–Kier alpha value is -1.55. The molecular formula is C14H20N4. The van der Waals surface area contributed by atoms with E-state index in [-0.39, 0.29) is 6.04 Å². The summed E-state index contributed by atoms with van der Waals surface area (Å²) in [5.74, 6) is 0. The maximum atomic E-state index is 6.22. The van der Waals surface area contributed by atoms with Crippen LogP contribution in [0.4, 0.5) is 0 Å². The highest BCUT2D eigenvalue weighted by Gasteiger charge is 2.23. The van der Waals surface area contributed by atoms with Crippen LogP contribution >= 0.6 is 0 Å². The number of aromatic nitrogens is 3. The molecule has 0 aliphatic heterocycles. The van der Waals surface area contributed by atoms with Gasteiger partial charge >= 0.3 is 0 Å². The van der Waals surface area contributed by atoms with E-state index in [1.54, 1.807) is 0 Å². The highest BCUT2D eigenvalue weighted by atomic mass is 15.3. The monoisotopic (exact) mass is 244 g/mol. The van der Waals surface area contributed by atoms with Gasteiger partial charge in [-0.1, -0.05) is 0 Å². The molecule has 1 aliphatic carbocycles. The van der Waals surface area contributed by atoms with Crippen molar-refractivity contribution in [2.24, 2.45) is 12.8 Å². The molecule has 2 aromatic rings. The van der Waals surface area contributed by atoms with Crippen LogP contribution in [-0.2, 0) is 13.5 Å². The Bertz CT molecular complexity index is 591. The summed E-state index contributed by atoms with van der Waals surface area (Å²) < 4.78 is 4.20. The molecule has 0 fully saturated rings. The van der Waals surface area contributed by atoms with Crippen molar-refractivity contribution in [1.29, 1.82) is 0 Å². The van der Waals surface area contributed by atoms with E-state index < -0.39 is 0 Å². The zero-order valence-electron chi connectivity index (χ0n) is 11.3. The number of nitrogens with zero attached hydrogens (tertiary/aromatic N) is 3. The van der Waals surface area contributed by atoms with E-state index in [0.717, 1.165) is 18.5 Å². The van der Waals surface area contributed by atoms with Gasteiger partial charge in [-0.15, -0.1) is 0 Å². The van der Waals surface area contributed by atoms with Crippen molar-refractivity contribution in [1.82, 2.24) is 14.3 Å². The average molecular weight is 244 g/mol. The number of fused-ring (bicyclic) bond motifs is 1. The summed E-state index contributed by atoms with van der Waals surface area (Å²) in [6, 6.07) is 2.44. The molecule has 2 N–H and O–H groups in total. The van der Waals surface area contributed by atoms with E-state index in [1.165, 1.54) is 29.1 Å². The minimum atomic E-state index is 0.200. The highest BCUT2D eigenvalue weighted by molar-refractivity contribution is 5.44. The smallest absolute Gasteiger partial charge is 0.0867 e. The molecule has 2 aromatic heterocycles. The quantitative estimate of drug-likeness (QED) is 0.835. The molecule has 0 amide bonds. The molecule has 0 aromatic carbocycles. The lowest BCUT2D eigenvalue weighted by atomic mass is 9.93. The third-order valence-corrected chi connectivity index (χ3v) is 3.88. The van der Waals surface area contributed by atoms with Gasteiger partial charge in [0.1, 0.15) is 0 Å². The van der Waals surface area contributed by atoms with Crippen LogP contribution in [0.1, 0.15) is 41.5 Å². The summed E-state index contributed by atoms with van der Waals surface area (Å²) >= 11 is 0. The lowest BCUT2D eigenvalue weighted by Gasteiger charge is -2.20. The fraction of sp³-hybridized carbons (Fsp3) is 0.500. The molecule has 3 rings (SSSR count). The summed E-state index contributed by atoms with van der Waals surface area (Å²) in [7, 11) is 1.97. The van der Waals surface area contributed by atoms with Gasteiger partial charge in [-0.2, -0.15) is 5.10 Å². The second-order valence-electron chi connectivity index (χ2n) is 5.30. The van der Waals surface area contributed by atoms with Crippen LogP contribution in [-0.4, -0.2) is 14.3 Å². The van der Waals surface area contributed by atoms with Crippen LogP contribution in [0.15, 0.2) is 12.3 Å². The van der Waals surface area contributed by atoms with Crippen LogP contribution in [0.5, 0.6) is 0 Å². The molecule has 18 heavy (non-hydrogen) atoms. The van der Waals surface area contributed by atoms with Gasteiger partial charge in [-0.25, -0.2) is 0 Å². The molecule has 0 radical (unpaired) electrons. The van der Waals surface area contributed by atoms with E-state index in [4.69, 9.17) is 5.73 Å². The van der Waals surface area contributed by atoms with Crippen LogP contribution in [0.3, 0.4) is 0 Å². The molecule has 2 heterocycles. The zero-order valence-corrected chi connectivity index (χ0v) is 11.3. The summed E-state index contributed by atoms with van der Waals surface area (Å²) in [6.07, 6.45) is 5.48. The Morgan fingerprint density at radius 1 is 1.39 bits per heavy atom. The Balaban J connectivity index is 2.21. The lowest BCUT2D eigenvalue weighted by Crippen LogP contribution is -2.18. The minimum absolute atomic E-state index is 0.200. The molecule has 0 spiro atoms. The average Bonchev–Trinajstić information content (AvgIpc) is 2.79. The molecule has 4 nitrogen and oxygen atoms in total. The van der Waals surface area contributed by atoms with Crippen LogP contribution in [0.25, 0.3) is 5.69 Å². The summed E-state index contributed by atoms with van der Waals surface area (Å²) in [5, 5.41) is 4.44. The largest absolute Gasteiger partial charge is 0.324 e. The van der Waals surface area contributed by atoms with E-state index in [9.17, 15) is 0 Å². The van der Waals surface area contributed by atoms with Gasteiger partial charge in [-0.3, -0.25) is 4.68 Å². The first-order valence-electron chi connectivity index (χ1n) is 6.55. The maximum absolute atomic E-state index is 6.22. The highest BCUT2D eigenvalue weighted by Crippen LogP contribution is 2.33. The van der Waals surface area contributed by atoms with Crippen molar-refractivity contribution in [2.75, 3.05) is 0 Å². The first-order chi connectivity index (χ1) is 8.58. The van der Waals surface area contributed by atoms with Gasteiger partial charge in [0.2, 0.25) is 0 Å². The lowest BCUT2D eigenvalue weighted by molar-refractivity contribution is 0.559. The molecule has 1 aliphatic rings. The van der Waals surface area contributed by atoms with Crippen molar-refractivity contribution in [3.63, 3.8) is 0 Å². The molecule has 1 atom stereocenters. The van der Waals surface area contributed by atoms with Crippen molar-refractivity contribution < 1.29 is 0 Å². The standard InChI is InChI=1S/C14H20N4/c1-9-7-11-12(15)5-4-6-13(11)18(9)14-8-17(3)16-10(14)2/h7-8,12H,4-6,15H2,1-3H3. The fourth-order valence-electron chi connectivity index (χ4n) is 3.08. The van der Waals surface area contributed by atoms with Crippen LogP contribution in [0.2, 0.25) is 0 Å². The summed E-state index contributed by atoms with van der Waals surface area (Å²) in [4.78, 5) is 0. The number of hydrogen-bond donors (Lipinski definition) is 1. The van der Waals surface area contributed by atoms with Crippen molar-refractivity contribution >= 4 is 0 Å². The summed E-state index contributed by atoms with van der Waals surface area (Å²) in [6.45, 7) is 4.21. The van der Waals surface area contributed by atoms with Crippen LogP contribution in [0, 0.1) is 13.8 Å². The first-order valence-corrected chi connectivity index (χ1v) is 6.55. The van der Waals surface area contributed by atoms with Crippen molar-refractivity contribution in [2.45, 2.75) is 39.2 Å². The number of aryl methyl sites for hydroxylation is 3. The van der Waals surface area contributed by atoms with Gasteiger partial charge in [0, 0.05) is 30.7 Å². The molecular weight excluding hydrogens is 224 g/mol. The van der Waals surface area contributed by atoms with E-state index in [0.29, 0.717) is 0 Å². The number of hydrogen-bond acceptors (Lipinski definition) is 2. The fourth-order valence-corrected chi connectivity index (χ4v) is 3.08. The van der Waals surface area contributed by atoms with Gasteiger partial charge < -0.3 is 10.3 Å². The minimum Gasteiger partial charge on any atom is -0.324 e.